The second kappa shape index (κ2) is 7.13. The number of urea groups is 1. The van der Waals surface area contributed by atoms with Gasteiger partial charge in [0, 0.05) is 25.2 Å². The number of aliphatic hydroxyl groups is 1. The van der Waals surface area contributed by atoms with E-state index in [2.05, 4.69) is 12.2 Å². The molecule has 0 spiro atoms. The van der Waals surface area contributed by atoms with E-state index in [0.717, 1.165) is 25.8 Å². The highest BCUT2D eigenvalue weighted by molar-refractivity contribution is 5.75. The molecule has 0 radical (unpaired) electrons. The Balaban J connectivity index is 1.83. The first-order valence-corrected chi connectivity index (χ1v) is 7.90. The summed E-state index contributed by atoms with van der Waals surface area (Å²) in [5.74, 6) is 0.688. The predicted molar refractivity (Wildman–Crippen MR) is 76.0 cm³/mol. The highest BCUT2D eigenvalue weighted by Crippen LogP contribution is 2.29. The number of hydrogen-bond acceptors (Lipinski definition) is 2. The van der Waals surface area contributed by atoms with Crippen LogP contribution in [0.15, 0.2) is 0 Å². The summed E-state index contributed by atoms with van der Waals surface area (Å²) in [7, 11) is 0. The van der Waals surface area contributed by atoms with Gasteiger partial charge in [0.05, 0.1) is 0 Å². The highest BCUT2D eigenvalue weighted by Gasteiger charge is 2.32. The second-order valence-electron chi connectivity index (χ2n) is 6.13. The average molecular weight is 268 g/mol. The first kappa shape index (κ1) is 14.6. The molecule has 2 N–H and O–H groups in total. The van der Waals surface area contributed by atoms with Gasteiger partial charge in [0.2, 0.25) is 0 Å². The summed E-state index contributed by atoms with van der Waals surface area (Å²) in [6.07, 6.45) is 9.25. The fraction of sp³-hybridized carbons (Fsp3) is 0.933. The maximum Gasteiger partial charge on any atom is 0.317 e. The lowest BCUT2D eigenvalue weighted by molar-refractivity contribution is 0.115. The Morgan fingerprint density at radius 2 is 2.05 bits per heavy atom. The Kier molecular flexibility index (Phi) is 5.49. The van der Waals surface area contributed by atoms with Crippen molar-refractivity contribution in [1.82, 2.24) is 10.2 Å². The summed E-state index contributed by atoms with van der Waals surface area (Å²) >= 11 is 0. The van der Waals surface area contributed by atoms with Crippen LogP contribution in [0.3, 0.4) is 0 Å². The summed E-state index contributed by atoms with van der Waals surface area (Å²) in [4.78, 5) is 14.2. The lowest BCUT2D eigenvalue weighted by Crippen LogP contribution is -2.56. The van der Waals surface area contributed by atoms with Gasteiger partial charge in [-0.3, -0.25) is 0 Å². The van der Waals surface area contributed by atoms with Gasteiger partial charge in [0.15, 0.2) is 0 Å². The number of rotatable bonds is 5. The first-order valence-electron chi connectivity index (χ1n) is 7.90. The molecule has 2 rings (SSSR count). The molecule has 2 fully saturated rings. The molecule has 0 aromatic heterocycles. The molecule has 1 heterocycles. The van der Waals surface area contributed by atoms with Gasteiger partial charge >= 0.3 is 6.03 Å². The van der Waals surface area contributed by atoms with Crippen LogP contribution >= 0.6 is 0 Å². The van der Waals surface area contributed by atoms with E-state index in [9.17, 15) is 4.79 Å². The zero-order chi connectivity index (χ0) is 13.7. The Morgan fingerprint density at radius 3 is 2.68 bits per heavy atom. The van der Waals surface area contributed by atoms with Crippen LogP contribution in [0.2, 0.25) is 0 Å². The predicted octanol–water partition coefficient (Wildman–Crippen LogP) is 2.51. The van der Waals surface area contributed by atoms with E-state index in [0.29, 0.717) is 12.0 Å². The number of amides is 2. The van der Waals surface area contributed by atoms with Crippen LogP contribution in [-0.4, -0.2) is 41.3 Å². The van der Waals surface area contributed by atoms with Crippen LogP contribution in [0.25, 0.3) is 0 Å². The maximum absolute atomic E-state index is 12.2. The van der Waals surface area contributed by atoms with Gasteiger partial charge in [-0.1, -0.05) is 19.3 Å². The number of aliphatic hydroxyl groups excluding tert-OH is 1. The second-order valence-corrected chi connectivity index (χ2v) is 6.13. The van der Waals surface area contributed by atoms with Crippen molar-refractivity contribution in [1.29, 1.82) is 0 Å². The highest BCUT2D eigenvalue weighted by atomic mass is 16.3. The molecule has 1 aliphatic carbocycles. The van der Waals surface area contributed by atoms with Gasteiger partial charge in [-0.2, -0.15) is 0 Å². The van der Waals surface area contributed by atoms with Crippen molar-refractivity contribution in [3.05, 3.63) is 0 Å². The van der Waals surface area contributed by atoms with Gasteiger partial charge in [-0.25, -0.2) is 4.79 Å². The number of nitrogens with zero attached hydrogens (tertiary/aromatic N) is 1. The molecule has 1 aliphatic heterocycles. The number of nitrogens with one attached hydrogen (secondary N) is 1. The number of carbonyl (C=O) groups excluding carboxylic acids is 1. The minimum absolute atomic E-state index is 0.104. The lowest BCUT2D eigenvalue weighted by Gasteiger charge is -2.41. The monoisotopic (exact) mass is 268 g/mol. The molecule has 1 saturated carbocycles. The third kappa shape index (κ3) is 3.85. The van der Waals surface area contributed by atoms with Crippen LogP contribution in [0, 0.1) is 5.92 Å². The Hall–Kier alpha value is -0.770. The van der Waals surface area contributed by atoms with Crippen molar-refractivity contribution in [2.45, 2.75) is 70.4 Å². The van der Waals surface area contributed by atoms with Gasteiger partial charge < -0.3 is 15.3 Å². The van der Waals surface area contributed by atoms with E-state index in [-0.39, 0.29) is 18.7 Å². The molecule has 110 valence electrons. The third-order valence-electron chi connectivity index (χ3n) is 4.84. The molecule has 2 aliphatic rings. The van der Waals surface area contributed by atoms with Gasteiger partial charge in [0.25, 0.3) is 0 Å². The van der Waals surface area contributed by atoms with Crippen LogP contribution in [0.4, 0.5) is 4.79 Å². The lowest BCUT2D eigenvalue weighted by atomic mass is 9.83. The van der Waals surface area contributed by atoms with Crippen molar-refractivity contribution < 1.29 is 9.90 Å². The summed E-state index contributed by atoms with van der Waals surface area (Å²) in [6, 6.07) is 0.737. The number of hydrogen-bond donors (Lipinski definition) is 2. The van der Waals surface area contributed by atoms with E-state index >= 15 is 0 Å². The van der Waals surface area contributed by atoms with Crippen LogP contribution in [0.5, 0.6) is 0 Å². The molecule has 0 bridgehead atoms. The van der Waals surface area contributed by atoms with Crippen molar-refractivity contribution in [3.8, 4) is 0 Å². The third-order valence-corrected chi connectivity index (χ3v) is 4.84. The van der Waals surface area contributed by atoms with E-state index in [1.54, 1.807) is 0 Å². The maximum atomic E-state index is 12.2. The molecule has 2 atom stereocenters. The summed E-state index contributed by atoms with van der Waals surface area (Å²) in [6.45, 7) is 3.30. The zero-order valence-electron chi connectivity index (χ0n) is 12.1. The Morgan fingerprint density at radius 1 is 1.32 bits per heavy atom. The normalized spacial score (nSPS) is 27.2. The molecule has 0 aromatic rings. The molecule has 1 saturated heterocycles. The van der Waals surface area contributed by atoms with Crippen molar-refractivity contribution >= 4 is 6.03 Å². The minimum atomic E-state index is 0.104. The molecular weight excluding hydrogens is 240 g/mol. The van der Waals surface area contributed by atoms with E-state index in [1.807, 2.05) is 4.90 Å². The topological polar surface area (TPSA) is 52.6 Å². The van der Waals surface area contributed by atoms with E-state index in [1.165, 1.54) is 32.1 Å². The largest absolute Gasteiger partial charge is 0.396 e. The van der Waals surface area contributed by atoms with E-state index < -0.39 is 0 Å². The molecular formula is C15H28N2O2. The first-order chi connectivity index (χ1) is 9.22. The fourth-order valence-corrected chi connectivity index (χ4v) is 3.54. The molecule has 2 amide bonds. The van der Waals surface area contributed by atoms with Gasteiger partial charge in [-0.15, -0.1) is 0 Å². The van der Waals surface area contributed by atoms with Crippen molar-refractivity contribution in [3.63, 3.8) is 0 Å². The van der Waals surface area contributed by atoms with Crippen molar-refractivity contribution in [2.24, 2.45) is 5.92 Å². The quantitative estimate of drug-likeness (QED) is 0.805. The summed E-state index contributed by atoms with van der Waals surface area (Å²) < 4.78 is 0. The summed E-state index contributed by atoms with van der Waals surface area (Å²) in [5, 5.41) is 11.9. The van der Waals surface area contributed by atoms with Gasteiger partial charge in [0.1, 0.15) is 0 Å². The smallest absolute Gasteiger partial charge is 0.317 e. The van der Waals surface area contributed by atoms with Crippen LogP contribution in [-0.2, 0) is 0 Å². The molecule has 0 aromatic carbocycles. The fourth-order valence-electron chi connectivity index (χ4n) is 3.54. The van der Waals surface area contributed by atoms with E-state index in [4.69, 9.17) is 5.11 Å². The summed E-state index contributed by atoms with van der Waals surface area (Å²) in [5.41, 5.74) is 0. The number of carbonyl (C=O) groups is 1. The molecule has 4 nitrogen and oxygen atoms in total. The standard InChI is InChI=1S/C15H28N2O2/c1-12(13-6-3-2-4-7-13)17-10-9-14(8-5-11-18)16-15(17)19/h12-14,18H,2-11H2,1H3,(H,16,19). The minimum Gasteiger partial charge on any atom is -0.396 e. The van der Waals surface area contributed by atoms with Gasteiger partial charge in [-0.05, 0) is 44.9 Å². The van der Waals surface area contributed by atoms with Crippen LogP contribution < -0.4 is 5.32 Å². The SMILES string of the molecule is CC(C1CCCCC1)N1CCC(CCCO)NC1=O. The Bertz CT molecular complexity index is 290. The van der Waals surface area contributed by atoms with Crippen LogP contribution in [0.1, 0.15) is 58.3 Å². The average Bonchev–Trinajstić information content (AvgIpc) is 2.45. The van der Waals surface area contributed by atoms with Crippen molar-refractivity contribution in [2.75, 3.05) is 13.2 Å². The Labute approximate surface area is 116 Å². The molecule has 19 heavy (non-hydrogen) atoms. The zero-order valence-corrected chi connectivity index (χ0v) is 12.1. The molecule has 4 heteroatoms. The molecule has 2 unspecified atom stereocenters.